The average molecular weight is 183 g/mol. The third-order valence-corrected chi connectivity index (χ3v) is 3.85. The summed E-state index contributed by atoms with van der Waals surface area (Å²) >= 11 is 0. The first-order valence-corrected chi connectivity index (χ1v) is 5.60. The molecule has 2 fully saturated rings. The number of piperidine rings is 1. The third-order valence-electron chi connectivity index (χ3n) is 3.85. The molecule has 1 saturated carbocycles. The molecule has 13 heavy (non-hydrogen) atoms. The van der Waals surface area contributed by atoms with Crippen molar-refractivity contribution in [3.05, 3.63) is 0 Å². The Morgan fingerprint density at radius 1 is 1.31 bits per heavy atom. The summed E-state index contributed by atoms with van der Waals surface area (Å²) in [6.45, 7) is 2.97. The number of aliphatic hydroxyl groups excluding tert-OH is 1. The molecule has 0 amide bonds. The van der Waals surface area contributed by atoms with Crippen LogP contribution in [0.4, 0.5) is 0 Å². The second-order valence-corrected chi connectivity index (χ2v) is 4.81. The minimum absolute atomic E-state index is 0.397. The minimum Gasteiger partial charge on any atom is -0.396 e. The standard InChI is InChI=1S/C11H21NO/c1-12-5-2-9(3-6-12)11-8-10(11)4-7-13/h9-11,13H,2-8H2,1H3/t10-,11+/m0/s1. The quantitative estimate of drug-likeness (QED) is 0.714. The van der Waals surface area contributed by atoms with Crippen LogP contribution in [-0.4, -0.2) is 36.8 Å². The molecule has 2 heteroatoms. The summed E-state index contributed by atoms with van der Waals surface area (Å²) in [5.74, 6) is 2.83. The van der Waals surface area contributed by atoms with E-state index < -0.39 is 0 Å². The van der Waals surface area contributed by atoms with E-state index in [1.54, 1.807) is 0 Å². The Morgan fingerprint density at radius 2 is 2.00 bits per heavy atom. The van der Waals surface area contributed by atoms with E-state index in [4.69, 9.17) is 5.11 Å². The van der Waals surface area contributed by atoms with E-state index in [0.717, 1.165) is 24.2 Å². The Bertz CT molecular complexity index is 163. The fourth-order valence-electron chi connectivity index (χ4n) is 2.80. The second-order valence-electron chi connectivity index (χ2n) is 4.81. The maximum Gasteiger partial charge on any atom is 0.0433 e. The van der Waals surface area contributed by atoms with Gasteiger partial charge in [-0.25, -0.2) is 0 Å². The monoisotopic (exact) mass is 183 g/mol. The van der Waals surface area contributed by atoms with Gasteiger partial charge in [-0.05, 0) is 63.6 Å². The molecule has 0 radical (unpaired) electrons. The van der Waals surface area contributed by atoms with Crippen molar-refractivity contribution in [1.29, 1.82) is 0 Å². The molecular formula is C11H21NO. The fourth-order valence-corrected chi connectivity index (χ4v) is 2.80. The maximum atomic E-state index is 8.83. The van der Waals surface area contributed by atoms with Crippen LogP contribution in [0.5, 0.6) is 0 Å². The first kappa shape index (κ1) is 9.47. The lowest BCUT2D eigenvalue weighted by Crippen LogP contribution is -2.31. The molecule has 0 aromatic carbocycles. The van der Waals surface area contributed by atoms with Gasteiger partial charge >= 0.3 is 0 Å². The predicted molar refractivity (Wildman–Crippen MR) is 53.5 cm³/mol. The van der Waals surface area contributed by atoms with E-state index in [2.05, 4.69) is 11.9 Å². The number of hydrogen-bond donors (Lipinski definition) is 1. The van der Waals surface area contributed by atoms with Crippen LogP contribution >= 0.6 is 0 Å². The van der Waals surface area contributed by atoms with E-state index in [0.29, 0.717) is 6.61 Å². The molecule has 0 bridgehead atoms. The smallest absolute Gasteiger partial charge is 0.0433 e. The topological polar surface area (TPSA) is 23.5 Å². The molecule has 1 saturated heterocycles. The number of nitrogens with zero attached hydrogens (tertiary/aromatic N) is 1. The summed E-state index contributed by atoms with van der Waals surface area (Å²) in [5.41, 5.74) is 0. The summed E-state index contributed by atoms with van der Waals surface area (Å²) in [5, 5.41) is 8.83. The van der Waals surface area contributed by atoms with Crippen molar-refractivity contribution in [2.75, 3.05) is 26.7 Å². The highest BCUT2D eigenvalue weighted by molar-refractivity contribution is 4.92. The summed E-state index contributed by atoms with van der Waals surface area (Å²) < 4.78 is 0. The van der Waals surface area contributed by atoms with Crippen LogP contribution in [0.2, 0.25) is 0 Å². The highest BCUT2D eigenvalue weighted by Gasteiger charge is 2.42. The lowest BCUT2D eigenvalue weighted by Gasteiger charge is -2.29. The van der Waals surface area contributed by atoms with Crippen LogP contribution in [0.15, 0.2) is 0 Å². The van der Waals surface area contributed by atoms with Gasteiger partial charge in [0, 0.05) is 6.61 Å². The Hall–Kier alpha value is -0.0800. The molecule has 2 rings (SSSR count). The summed E-state index contributed by atoms with van der Waals surface area (Å²) in [4.78, 5) is 2.43. The van der Waals surface area contributed by atoms with E-state index in [-0.39, 0.29) is 0 Å². The van der Waals surface area contributed by atoms with Gasteiger partial charge in [-0.2, -0.15) is 0 Å². The van der Waals surface area contributed by atoms with Gasteiger partial charge in [0.15, 0.2) is 0 Å². The largest absolute Gasteiger partial charge is 0.396 e. The Labute approximate surface area is 80.9 Å². The molecule has 1 heterocycles. The number of aliphatic hydroxyl groups is 1. The van der Waals surface area contributed by atoms with Gasteiger partial charge in [-0.3, -0.25) is 0 Å². The van der Waals surface area contributed by atoms with Gasteiger partial charge in [-0.1, -0.05) is 0 Å². The van der Waals surface area contributed by atoms with Crippen LogP contribution < -0.4 is 0 Å². The Balaban J connectivity index is 1.71. The van der Waals surface area contributed by atoms with E-state index in [9.17, 15) is 0 Å². The van der Waals surface area contributed by atoms with Crippen LogP contribution in [0.3, 0.4) is 0 Å². The van der Waals surface area contributed by atoms with Crippen LogP contribution in [-0.2, 0) is 0 Å². The molecule has 0 spiro atoms. The molecule has 0 aromatic rings. The van der Waals surface area contributed by atoms with Gasteiger partial charge in [0.2, 0.25) is 0 Å². The number of rotatable bonds is 3. The number of hydrogen-bond acceptors (Lipinski definition) is 2. The first-order chi connectivity index (χ1) is 6.31. The third kappa shape index (κ3) is 2.23. The summed E-state index contributed by atoms with van der Waals surface area (Å²) in [7, 11) is 2.22. The van der Waals surface area contributed by atoms with Crippen molar-refractivity contribution in [2.24, 2.45) is 17.8 Å². The normalized spacial score (nSPS) is 36.5. The second kappa shape index (κ2) is 3.97. The fraction of sp³-hybridized carbons (Fsp3) is 1.00. The molecule has 1 aliphatic heterocycles. The van der Waals surface area contributed by atoms with E-state index in [1.807, 2.05) is 0 Å². The minimum atomic E-state index is 0.397. The Kier molecular flexibility index (Phi) is 2.89. The highest BCUT2D eigenvalue weighted by atomic mass is 16.3. The summed E-state index contributed by atoms with van der Waals surface area (Å²) in [6, 6.07) is 0. The van der Waals surface area contributed by atoms with Crippen molar-refractivity contribution in [3.63, 3.8) is 0 Å². The van der Waals surface area contributed by atoms with Gasteiger partial charge in [0.25, 0.3) is 0 Å². The predicted octanol–water partition coefficient (Wildman–Crippen LogP) is 1.35. The lowest BCUT2D eigenvalue weighted by molar-refractivity contribution is 0.195. The molecule has 0 aromatic heterocycles. The molecular weight excluding hydrogens is 162 g/mol. The lowest BCUT2D eigenvalue weighted by atomic mass is 9.91. The summed E-state index contributed by atoms with van der Waals surface area (Å²) in [6.07, 6.45) is 5.23. The molecule has 1 aliphatic carbocycles. The van der Waals surface area contributed by atoms with Crippen LogP contribution in [0.1, 0.15) is 25.7 Å². The van der Waals surface area contributed by atoms with Gasteiger partial charge in [0.1, 0.15) is 0 Å². The van der Waals surface area contributed by atoms with Gasteiger partial charge in [0.05, 0.1) is 0 Å². The first-order valence-electron chi connectivity index (χ1n) is 5.60. The molecule has 2 nitrogen and oxygen atoms in total. The maximum absolute atomic E-state index is 8.83. The zero-order chi connectivity index (χ0) is 9.26. The van der Waals surface area contributed by atoms with Crippen molar-refractivity contribution in [3.8, 4) is 0 Å². The van der Waals surface area contributed by atoms with Crippen molar-refractivity contribution >= 4 is 0 Å². The van der Waals surface area contributed by atoms with Crippen LogP contribution in [0.25, 0.3) is 0 Å². The number of likely N-dealkylation sites (tertiary alicyclic amines) is 1. The van der Waals surface area contributed by atoms with E-state index >= 15 is 0 Å². The SMILES string of the molecule is CN1CCC([C@H]2C[C@@H]2CCO)CC1. The van der Waals surface area contributed by atoms with Crippen molar-refractivity contribution < 1.29 is 5.11 Å². The molecule has 1 N–H and O–H groups in total. The van der Waals surface area contributed by atoms with E-state index in [1.165, 1.54) is 32.4 Å². The zero-order valence-electron chi connectivity index (χ0n) is 8.58. The zero-order valence-corrected chi connectivity index (χ0v) is 8.58. The molecule has 0 unspecified atom stereocenters. The average Bonchev–Trinajstić information content (AvgIpc) is 2.86. The van der Waals surface area contributed by atoms with Gasteiger partial charge < -0.3 is 10.0 Å². The van der Waals surface area contributed by atoms with Gasteiger partial charge in [-0.15, -0.1) is 0 Å². The molecule has 76 valence electrons. The molecule has 2 aliphatic rings. The van der Waals surface area contributed by atoms with Crippen LogP contribution in [0, 0.1) is 17.8 Å². The van der Waals surface area contributed by atoms with Crippen molar-refractivity contribution in [2.45, 2.75) is 25.7 Å². The highest BCUT2D eigenvalue weighted by Crippen LogP contribution is 2.49. The Morgan fingerprint density at radius 3 is 2.62 bits per heavy atom. The molecule has 2 atom stereocenters. The van der Waals surface area contributed by atoms with Crippen molar-refractivity contribution in [1.82, 2.24) is 4.90 Å².